The highest BCUT2D eigenvalue weighted by atomic mass is 16.5. The second-order valence-corrected chi connectivity index (χ2v) is 4.36. The van der Waals surface area contributed by atoms with Crippen molar-refractivity contribution in [3.63, 3.8) is 0 Å². The Labute approximate surface area is 94.0 Å². The molecule has 1 aliphatic heterocycles. The molecule has 3 rings (SSSR count). The maximum Gasteiger partial charge on any atom is 0.168 e. The van der Waals surface area contributed by atoms with Gasteiger partial charge < -0.3 is 15.2 Å². The lowest BCUT2D eigenvalue weighted by Crippen LogP contribution is -2.42. The maximum atomic E-state index is 6.00. The zero-order chi connectivity index (χ0) is 11.0. The predicted octanol–water partition coefficient (Wildman–Crippen LogP) is 1.76. The number of anilines is 1. The molecule has 0 spiro atoms. The fourth-order valence-electron chi connectivity index (χ4n) is 2.38. The van der Waals surface area contributed by atoms with Crippen LogP contribution >= 0.6 is 0 Å². The summed E-state index contributed by atoms with van der Waals surface area (Å²) in [5.74, 6) is 0. The van der Waals surface area contributed by atoms with Crippen molar-refractivity contribution in [1.29, 1.82) is 0 Å². The van der Waals surface area contributed by atoms with Gasteiger partial charge in [-0.05, 0) is 25.0 Å². The van der Waals surface area contributed by atoms with Crippen LogP contribution in [0.5, 0.6) is 0 Å². The number of benzene rings is 1. The predicted molar refractivity (Wildman–Crippen MR) is 63.4 cm³/mol. The molecular weight excluding hydrogens is 202 g/mol. The number of nitrogens with two attached hydrogens (primary N) is 1. The van der Waals surface area contributed by atoms with Crippen LogP contribution in [0.1, 0.15) is 12.8 Å². The summed E-state index contributed by atoms with van der Waals surface area (Å²) in [6.07, 6.45) is 4.06. The van der Waals surface area contributed by atoms with Gasteiger partial charge in [-0.1, -0.05) is 11.2 Å². The van der Waals surface area contributed by atoms with Crippen LogP contribution in [0.4, 0.5) is 5.69 Å². The number of rotatable bonds is 1. The average Bonchev–Trinajstić information content (AvgIpc) is 2.76. The van der Waals surface area contributed by atoms with E-state index < -0.39 is 0 Å². The zero-order valence-electron chi connectivity index (χ0n) is 9.10. The van der Waals surface area contributed by atoms with E-state index in [1.54, 1.807) is 6.20 Å². The minimum atomic E-state index is 0.281. The highest BCUT2D eigenvalue weighted by molar-refractivity contribution is 5.90. The first-order valence-electron chi connectivity index (χ1n) is 5.68. The van der Waals surface area contributed by atoms with Gasteiger partial charge in [-0.15, -0.1) is 0 Å². The van der Waals surface area contributed by atoms with Gasteiger partial charge >= 0.3 is 0 Å². The Hall–Kier alpha value is -1.55. The summed E-state index contributed by atoms with van der Waals surface area (Å²) in [6, 6.07) is 6.33. The molecule has 84 valence electrons. The minimum absolute atomic E-state index is 0.281. The molecule has 2 aromatic rings. The van der Waals surface area contributed by atoms with Crippen molar-refractivity contribution in [3.05, 3.63) is 24.4 Å². The van der Waals surface area contributed by atoms with Gasteiger partial charge in [0.1, 0.15) is 0 Å². The summed E-state index contributed by atoms with van der Waals surface area (Å²) >= 11 is 0. The number of aromatic nitrogens is 1. The Bertz CT molecular complexity index is 494. The number of hydrogen-bond acceptors (Lipinski definition) is 4. The van der Waals surface area contributed by atoms with Crippen molar-refractivity contribution < 1.29 is 4.52 Å². The van der Waals surface area contributed by atoms with E-state index in [1.807, 2.05) is 12.1 Å². The van der Waals surface area contributed by atoms with Crippen LogP contribution in [0.3, 0.4) is 0 Å². The summed E-state index contributed by atoms with van der Waals surface area (Å²) in [6.45, 7) is 1.99. The van der Waals surface area contributed by atoms with E-state index in [0.717, 1.165) is 36.9 Å². The van der Waals surface area contributed by atoms with Crippen molar-refractivity contribution in [1.82, 2.24) is 5.16 Å². The van der Waals surface area contributed by atoms with E-state index in [2.05, 4.69) is 16.1 Å². The summed E-state index contributed by atoms with van der Waals surface area (Å²) in [4.78, 5) is 2.33. The summed E-state index contributed by atoms with van der Waals surface area (Å²) in [5.41, 5.74) is 8.03. The summed E-state index contributed by atoms with van der Waals surface area (Å²) in [5, 5.41) is 4.92. The molecule has 4 heteroatoms. The molecule has 1 aliphatic rings. The number of hydrogen-bond donors (Lipinski definition) is 1. The molecule has 1 atom stereocenters. The highest BCUT2D eigenvalue weighted by Gasteiger charge is 2.19. The lowest BCUT2D eigenvalue weighted by molar-refractivity contribution is 0.456. The Morgan fingerprint density at radius 1 is 1.44 bits per heavy atom. The molecule has 16 heavy (non-hydrogen) atoms. The van der Waals surface area contributed by atoms with Crippen LogP contribution in [-0.2, 0) is 0 Å². The molecule has 1 saturated heterocycles. The molecule has 1 aromatic heterocycles. The van der Waals surface area contributed by atoms with Gasteiger partial charge in [0.25, 0.3) is 0 Å². The SMILES string of the molecule is NC1CCCN(c2cccc3oncc23)C1. The van der Waals surface area contributed by atoms with E-state index in [1.165, 1.54) is 5.69 Å². The van der Waals surface area contributed by atoms with Gasteiger partial charge in [-0.2, -0.15) is 0 Å². The number of piperidine rings is 1. The molecule has 2 heterocycles. The topological polar surface area (TPSA) is 55.3 Å². The highest BCUT2D eigenvalue weighted by Crippen LogP contribution is 2.28. The van der Waals surface area contributed by atoms with Crippen molar-refractivity contribution >= 4 is 16.7 Å². The second kappa shape index (κ2) is 3.79. The quantitative estimate of drug-likeness (QED) is 0.790. The number of nitrogens with zero attached hydrogens (tertiary/aromatic N) is 2. The van der Waals surface area contributed by atoms with Crippen molar-refractivity contribution in [2.24, 2.45) is 5.73 Å². The van der Waals surface area contributed by atoms with E-state index >= 15 is 0 Å². The van der Waals surface area contributed by atoms with Crippen molar-refractivity contribution in [3.8, 4) is 0 Å². The molecular formula is C12H15N3O. The first-order valence-corrected chi connectivity index (χ1v) is 5.68. The van der Waals surface area contributed by atoms with Gasteiger partial charge in [0, 0.05) is 24.8 Å². The fourth-order valence-corrected chi connectivity index (χ4v) is 2.38. The molecule has 1 aromatic carbocycles. The van der Waals surface area contributed by atoms with Crippen LogP contribution in [0.2, 0.25) is 0 Å². The molecule has 1 fully saturated rings. The standard InChI is InChI=1S/C12H15N3O/c13-9-3-2-6-15(8-9)11-4-1-5-12-10(11)7-14-16-12/h1,4-5,7,9H,2-3,6,8,13H2. The van der Waals surface area contributed by atoms with Gasteiger partial charge in [-0.25, -0.2) is 0 Å². The first-order chi connectivity index (χ1) is 7.84. The summed E-state index contributed by atoms with van der Waals surface area (Å²) in [7, 11) is 0. The molecule has 4 nitrogen and oxygen atoms in total. The van der Waals surface area contributed by atoms with Gasteiger partial charge in [0.15, 0.2) is 5.58 Å². The van der Waals surface area contributed by atoms with E-state index in [-0.39, 0.29) is 6.04 Å². The zero-order valence-corrected chi connectivity index (χ0v) is 9.10. The molecule has 1 unspecified atom stereocenters. The molecule has 0 saturated carbocycles. The van der Waals surface area contributed by atoms with Crippen LogP contribution in [0.15, 0.2) is 28.9 Å². The minimum Gasteiger partial charge on any atom is -0.369 e. The lowest BCUT2D eigenvalue weighted by atomic mass is 10.1. The molecule has 0 bridgehead atoms. The van der Waals surface area contributed by atoms with Crippen LogP contribution in [-0.4, -0.2) is 24.3 Å². The van der Waals surface area contributed by atoms with E-state index in [0.29, 0.717) is 0 Å². The van der Waals surface area contributed by atoms with E-state index in [4.69, 9.17) is 10.3 Å². The monoisotopic (exact) mass is 217 g/mol. The number of fused-ring (bicyclic) bond motifs is 1. The third-order valence-corrected chi connectivity index (χ3v) is 3.17. The Morgan fingerprint density at radius 3 is 3.25 bits per heavy atom. The van der Waals surface area contributed by atoms with Crippen molar-refractivity contribution in [2.45, 2.75) is 18.9 Å². The fraction of sp³-hybridized carbons (Fsp3) is 0.417. The Kier molecular flexibility index (Phi) is 2.29. The average molecular weight is 217 g/mol. The lowest BCUT2D eigenvalue weighted by Gasteiger charge is -2.32. The molecule has 0 amide bonds. The molecule has 0 radical (unpaired) electrons. The van der Waals surface area contributed by atoms with Gasteiger partial charge in [-0.3, -0.25) is 0 Å². The van der Waals surface area contributed by atoms with Crippen molar-refractivity contribution in [2.75, 3.05) is 18.0 Å². The van der Waals surface area contributed by atoms with E-state index in [9.17, 15) is 0 Å². The van der Waals surface area contributed by atoms with Crippen LogP contribution < -0.4 is 10.6 Å². The van der Waals surface area contributed by atoms with Crippen LogP contribution in [0.25, 0.3) is 11.0 Å². The summed E-state index contributed by atoms with van der Waals surface area (Å²) < 4.78 is 5.17. The van der Waals surface area contributed by atoms with Gasteiger partial charge in [0.05, 0.1) is 11.6 Å². The Balaban J connectivity index is 2.01. The maximum absolute atomic E-state index is 6.00. The normalized spacial score (nSPS) is 21.6. The van der Waals surface area contributed by atoms with Crippen LogP contribution in [0, 0.1) is 0 Å². The molecule has 0 aliphatic carbocycles. The smallest absolute Gasteiger partial charge is 0.168 e. The largest absolute Gasteiger partial charge is 0.369 e. The third kappa shape index (κ3) is 1.55. The first kappa shape index (κ1) is 9.66. The molecule has 2 N–H and O–H groups in total. The Morgan fingerprint density at radius 2 is 2.38 bits per heavy atom. The van der Waals surface area contributed by atoms with Gasteiger partial charge in [0.2, 0.25) is 0 Å². The third-order valence-electron chi connectivity index (χ3n) is 3.17. The second-order valence-electron chi connectivity index (χ2n) is 4.36.